The summed E-state index contributed by atoms with van der Waals surface area (Å²) in [5.74, 6) is 0.813. The van der Waals surface area contributed by atoms with Gasteiger partial charge >= 0.3 is 0 Å². The molecule has 0 unspecified atom stereocenters. The molecule has 10 heteroatoms. The fraction of sp³-hybridized carbons (Fsp3) is 0.581. The molecule has 1 aliphatic carbocycles. The zero-order chi connectivity index (χ0) is 28.7. The number of Topliss-reactive ketones (excluding diaryl/α,β-unsaturated/α-hetero) is 1. The van der Waals surface area contributed by atoms with Crippen molar-refractivity contribution < 1.29 is 4.79 Å². The van der Waals surface area contributed by atoms with Crippen LogP contribution in [0.15, 0.2) is 29.3 Å². The third-order valence-electron chi connectivity index (χ3n) is 9.64. The Labute approximate surface area is 241 Å². The molecule has 3 fully saturated rings. The Bertz CT molecular complexity index is 1490. The molecule has 41 heavy (non-hydrogen) atoms. The van der Waals surface area contributed by atoms with Gasteiger partial charge in [-0.05, 0) is 84.2 Å². The minimum atomic E-state index is -0.245. The molecular formula is C31H42N8O2. The van der Waals surface area contributed by atoms with Crippen LogP contribution in [-0.4, -0.2) is 74.5 Å². The van der Waals surface area contributed by atoms with Crippen LogP contribution in [0.5, 0.6) is 0 Å². The summed E-state index contributed by atoms with van der Waals surface area (Å²) < 4.78 is 1.74. The first kappa shape index (κ1) is 27.8. The zero-order valence-corrected chi connectivity index (χ0v) is 24.7. The van der Waals surface area contributed by atoms with E-state index in [1.54, 1.807) is 10.8 Å². The molecule has 6 rings (SSSR count). The number of carbonyl (C=O) groups is 1. The highest BCUT2D eigenvalue weighted by molar-refractivity contribution is 5.99. The predicted octanol–water partition coefficient (Wildman–Crippen LogP) is 4.21. The van der Waals surface area contributed by atoms with Crippen LogP contribution < -0.4 is 21.1 Å². The molecule has 0 amide bonds. The lowest BCUT2D eigenvalue weighted by Gasteiger charge is -2.50. The van der Waals surface area contributed by atoms with E-state index in [-0.39, 0.29) is 28.5 Å². The van der Waals surface area contributed by atoms with Crippen molar-refractivity contribution in [3.05, 3.63) is 46.0 Å². The van der Waals surface area contributed by atoms with Gasteiger partial charge in [-0.3, -0.25) is 19.1 Å². The number of fused-ring (bicyclic) bond motifs is 1. The molecule has 2 saturated heterocycles. The van der Waals surface area contributed by atoms with Crippen LogP contribution in [0.2, 0.25) is 0 Å². The minimum Gasteiger partial charge on any atom is -0.365 e. The first-order valence-corrected chi connectivity index (χ1v) is 15.1. The van der Waals surface area contributed by atoms with Crippen LogP contribution in [0, 0.1) is 6.92 Å². The SMILES string of the molecule is CC(=O)c1c(C)c2cnc(Nc3ccc(N4CCN(C5(C)CCNCC5)C[C@H]4C)cn3)nc2n(C2CCCC2)c1=O. The summed E-state index contributed by atoms with van der Waals surface area (Å²) in [4.78, 5) is 45.0. The monoisotopic (exact) mass is 558 g/mol. The number of rotatable bonds is 6. The Balaban J connectivity index is 1.22. The third-order valence-corrected chi connectivity index (χ3v) is 9.64. The maximum absolute atomic E-state index is 13.5. The van der Waals surface area contributed by atoms with Crippen LogP contribution in [0.3, 0.4) is 0 Å². The van der Waals surface area contributed by atoms with E-state index in [2.05, 4.69) is 45.3 Å². The van der Waals surface area contributed by atoms with Crippen LogP contribution in [0.4, 0.5) is 17.5 Å². The van der Waals surface area contributed by atoms with E-state index in [1.165, 1.54) is 19.8 Å². The van der Waals surface area contributed by atoms with Crippen molar-refractivity contribution in [3.63, 3.8) is 0 Å². The topological polar surface area (TPSA) is 108 Å². The van der Waals surface area contributed by atoms with Crippen molar-refractivity contribution in [3.8, 4) is 0 Å². The number of piperazine rings is 1. The van der Waals surface area contributed by atoms with Crippen LogP contribution in [0.25, 0.3) is 11.0 Å². The number of ketones is 1. The summed E-state index contributed by atoms with van der Waals surface area (Å²) in [6.45, 7) is 13.3. The van der Waals surface area contributed by atoms with Gasteiger partial charge in [0.15, 0.2) is 5.78 Å². The van der Waals surface area contributed by atoms with Gasteiger partial charge in [-0.15, -0.1) is 0 Å². The third kappa shape index (κ3) is 5.23. The van der Waals surface area contributed by atoms with Crippen molar-refractivity contribution >= 4 is 34.3 Å². The van der Waals surface area contributed by atoms with E-state index in [9.17, 15) is 9.59 Å². The molecule has 3 aromatic rings. The number of aryl methyl sites for hydroxylation is 1. The average Bonchev–Trinajstić information content (AvgIpc) is 3.48. The molecule has 10 nitrogen and oxygen atoms in total. The Morgan fingerprint density at radius 2 is 1.85 bits per heavy atom. The lowest BCUT2D eigenvalue weighted by Crippen LogP contribution is -2.61. The lowest BCUT2D eigenvalue weighted by atomic mass is 9.87. The normalized spacial score (nSPS) is 21.9. The van der Waals surface area contributed by atoms with Gasteiger partial charge < -0.3 is 15.5 Å². The fourth-order valence-corrected chi connectivity index (χ4v) is 7.17. The Hall–Kier alpha value is -3.37. The van der Waals surface area contributed by atoms with E-state index in [4.69, 9.17) is 9.97 Å². The van der Waals surface area contributed by atoms with Gasteiger partial charge in [0, 0.05) is 48.8 Å². The molecule has 0 aromatic carbocycles. The van der Waals surface area contributed by atoms with E-state index >= 15 is 0 Å². The van der Waals surface area contributed by atoms with Crippen molar-refractivity contribution in [2.75, 3.05) is 42.9 Å². The number of piperidine rings is 1. The second-order valence-electron chi connectivity index (χ2n) is 12.4. The summed E-state index contributed by atoms with van der Waals surface area (Å²) in [5, 5.41) is 7.47. The highest BCUT2D eigenvalue weighted by Gasteiger charge is 2.37. The molecule has 218 valence electrons. The number of hydrogen-bond donors (Lipinski definition) is 2. The van der Waals surface area contributed by atoms with Crippen LogP contribution in [-0.2, 0) is 0 Å². The Kier molecular flexibility index (Phi) is 7.54. The first-order chi connectivity index (χ1) is 19.7. The van der Waals surface area contributed by atoms with E-state index in [0.29, 0.717) is 29.0 Å². The van der Waals surface area contributed by atoms with E-state index < -0.39 is 0 Å². The molecule has 2 N–H and O–H groups in total. The standard InChI is InChI=1S/C31H42N8O2/c1-20-19-37(31(4)11-13-32-14-12-31)15-16-38(20)24-9-10-26(33-17-24)35-30-34-18-25-21(2)27(22(3)40)29(41)39(28(25)36-30)23-7-5-6-8-23/h9-10,17-18,20,23,32H,5-8,11-16,19H2,1-4H3,(H,33,34,35,36)/t20-/m1/s1. The molecule has 3 aromatic heterocycles. The second-order valence-corrected chi connectivity index (χ2v) is 12.4. The number of aromatic nitrogens is 4. The van der Waals surface area contributed by atoms with Crippen LogP contribution >= 0.6 is 0 Å². The highest BCUT2D eigenvalue weighted by atomic mass is 16.1. The number of hydrogen-bond acceptors (Lipinski definition) is 9. The van der Waals surface area contributed by atoms with Gasteiger partial charge in [0.2, 0.25) is 5.95 Å². The summed E-state index contributed by atoms with van der Waals surface area (Å²) >= 11 is 0. The number of pyridine rings is 2. The largest absolute Gasteiger partial charge is 0.365 e. The van der Waals surface area contributed by atoms with Gasteiger partial charge in [0.25, 0.3) is 5.56 Å². The van der Waals surface area contributed by atoms with Gasteiger partial charge in [-0.1, -0.05) is 12.8 Å². The second kappa shape index (κ2) is 11.1. The molecular weight excluding hydrogens is 516 g/mol. The molecule has 1 atom stereocenters. The van der Waals surface area contributed by atoms with Crippen molar-refractivity contribution in [2.45, 2.75) is 83.8 Å². The summed E-state index contributed by atoms with van der Waals surface area (Å²) in [6.07, 6.45) is 10.00. The van der Waals surface area contributed by atoms with Gasteiger partial charge in [-0.25, -0.2) is 9.97 Å². The van der Waals surface area contributed by atoms with E-state index in [1.807, 2.05) is 19.2 Å². The van der Waals surface area contributed by atoms with Gasteiger partial charge in [-0.2, -0.15) is 4.98 Å². The average molecular weight is 559 g/mol. The maximum Gasteiger partial charge on any atom is 0.263 e. The summed E-state index contributed by atoms with van der Waals surface area (Å²) in [5.41, 5.74) is 2.61. The molecule has 1 saturated carbocycles. The lowest BCUT2D eigenvalue weighted by molar-refractivity contribution is 0.0555. The van der Waals surface area contributed by atoms with Crippen molar-refractivity contribution in [2.24, 2.45) is 0 Å². The number of nitrogens with zero attached hydrogens (tertiary/aromatic N) is 6. The maximum atomic E-state index is 13.5. The van der Waals surface area contributed by atoms with E-state index in [0.717, 1.165) is 69.5 Å². The van der Waals surface area contributed by atoms with Gasteiger partial charge in [0.05, 0.1) is 17.4 Å². The molecule has 3 aliphatic rings. The Morgan fingerprint density at radius 3 is 2.51 bits per heavy atom. The van der Waals surface area contributed by atoms with Crippen molar-refractivity contribution in [1.82, 2.24) is 29.7 Å². The molecule has 0 bridgehead atoms. The summed E-state index contributed by atoms with van der Waals surface area (Å²) in [6, 6.07) is 4.51. The molecule has 5 heterocycles. The Morgan fingerprint density at radius 1 is 1.10 bits per heavy atom. The fourth-order valence-electron chi connectivity index (χ4n) is 7.17. The zero-order valence-electron chi connectivity index (χ0n) is 24.7. The highest BCUT2D eigenvalue weighted by Crippen LogP contribution is 2.33. The van der Waals surface area contributed by atoms with Gasteiger partial charge in [0.1, 0.15) is 11.5 Å². The quantitative estimate of drug-likeness (QED) is 0.430. The molecule has 0 spiro atoms. The van der Waals surface area contributed by atoms with Crippen LogP contribution in [0.1, 0.15) is 81.3 Å². The number of carbonyl (C=O) groups excluding carboxylic acids is 1. The summed E-state index contributed by atoms with van der Waals surface area (Å²) in [7, 11) is 0. The van der Waals surface area contributed by atoms with Crippen molar-refractivity contribution in [1.29, 1.82) is 0 Å². The molecule has 0 radical (unpaired) electrons. The predicted molar refractivity (Wildman–Crippen MR) is 162 cm³/mol. The molecule has 2 aliphatic heterocycles. The first-order valence-electron chi connectivity index (χ1n) is 15.1. The minimum absolute atomic E-state index is 0.0451. The number of anilines is 3. The smallest absolute Gasteiger partial charge is 0.263 e. The number of nitrogens with one attached hydrogen (secondary N) is 2.